The summed E-state index contributed by atoms with van der Waals surface area (Å²) in [5, 5.41) is 24.6. The number of aromatic hydroxyl groups is 1. The molecule has 1 aliphatic heterocycles. The molecule has 0 fully saturated rings. The van der Waals surface area contributed by atoms with Crippen LogP contribution in [0.1, 0.15) is 64.5 Å². The van der Waals surface area contributed by atoms with Crippen LogP contribution in [0.2, 0.25) is 0 Å². The van der Waals surface area contributed by atoms with Gasteiger partial charge in [-0.15, -0.1) is 0 Å². The molecule has 2 aromatic carbocycles. The number of rotatable bonds is 2. The van der Waals surface area contributed by atoms with Gasteiger partial charge in [0.05, 0.1) is 16.2 Å². The monoisotopic (exact) mass is 370 g/mol. The Hall–Kier alpha value is -2.76. The maximum absolute atomic E-state index is 11.1. The van der Waals surface area contributed by atoms with Crippen molar-refractivity contribution < 1.29 is 14.8 Å². The Labute approximate surface area is 159 Å². The molecule has 1 aliphatic rings. The van der Waals surface area contributed by atoms with Crippen molar-refractivity contribution in [3.63, 3.8) is 0 Å². The summed E-state index contributed by atoms with van der Waals surface area (Å²) in [5.41, 5.74) is 3.14. The van der Waals surface area contributed by atoms with Crippen LogP contribution >= 0.6 is 0 Å². The van der Waals surface area contributed by atoms with Crippen LogP contribution in [0.25, 0.3) is 0 Å². The van der Waals surface area contributed by atoms with E-state index < -0.39 is 11.2 Å². The predicted octanol–water partition coefficient (Wildman–Crippen LogP) is 5.40. The third-order valence-corrected chi connectivity index (χ3v) is 4.79. The van der Waals surface area contributed by atoms with Crippen LogP contribution in [0.4, 0.5) is 11.4 Å². The van der Waals surface area contributed by atoms with E-state index in [-0.39, 0.29) is 22.3 Å². The van der Waals surface area contributed by atoms with Crippen LogP contribution in [0.3, 0.4) is 0 Å². The van der Waals surface area contributed by atoms with Gasteiger partial charge in [0.2, 0.25) is 6.23 Å². The number of non-ortho nitro benzene ring substituents is 1. The lowest BCUT2D eigenvalue weighted by Crippen LogP contribution is -2.17. The molecule has 0 aromatic heterocycles. The van der Waals surface area contributed by atoms with E-state index >= 15 is 0 Å². The van der Waals surface area contributed by atoms with Gasteiger partial charge in [-0.3, -0.25) is 10.1 Å². The summed E-state index contributed by atoms with van der Waals surface area (Å²) in [6.45, 7) is 12.8. The third kappa shape index (κ3) is 3.56. The van der Waals surface area contributed by atoms with Crippen molar-refractivity contribution in [2.75, 3.05) is 5.32 Å². The Kier molecular flexibility index (Phi) is 4.33. The van der Waals surface area contributed by atoms with Crippen LogP contribution < -0.4 is 10.1 Å². The summed E-state index contributed by atoms with van der Waals surface area (Å²) in [6, 6.07) is 8.17. The highest BCUT2D eigenvalue weighted by Crippen LogP contribution is 2.48. The molecule has 0 radical (unpaired) electrons. The van der Waals surface area contributed by atoms with Gasteiger partial charge in [0, 0.05) is 17.7 Å². The first-order chi connectivity index (χ1) is 12.4. The molecule has 0 spiro atoms. The molecular formula is C21H26N2O4. The molecule has 0 bridgehead atoms. The number of anilines is 1. The molecule has 2 aromatic rings. The molecule has 0 aliphatic carbocycles. The summed E-state index contributed by atoms with van der Waals surface area (Å²) in [5.74, 6) is 0.686. The zero-order valence-electron chi connectivity index (χ0n) is 16.6. The van der Waals surface area contributed by atoms with Crippen LogP contribution in [-0.4, -0.2) is 10.0 Å². The summed E-state index contributed by atoms with van der Waals surface area (Å²) < 4.78 is 6.14. The minimum atomic E-state index is -0.684. The van der Waals surface area contributed by atoms with Crippen LogP contribution in [0.15, 0.2) is 30.3 Å². The topological polar surface area (TPSA) is 84.6 Å². The minimum Gasteiger partial charge on any atom is -0.507 e. The van der Waals surface area contributed by atoms with E-state index in [2.05, 4.69) is 59.0 Å². The number of nitrogens with zero attached hydrogens (tertiary/aromatic N) is 1. The lowest BCUT2D eigenvalue weighted by Gasteiger charge is -2.26. The largest absolute Gasteiger partial charge is 0.507 e. The molecule has 2 N–H and O–H groups in total. The summed E-state index contributed by atoms with van der Waals surface area (Å²) in [6.07, 6.45) is -0.684. The van der Waals surface area contributed by atoms with Crippen molar-refractivity contribution in [3.8, 4) is 11.5 Å². The highest BCUT2D eigenvalue weighted by atomic mass is 16.6. The number of hydrogen-bond acceptors (Lipinski definition) is 5. The number of phenolic OH excluding ortho intramolecular Hbond substituents is 1. The van der Waals surface area contributed by atoms with Crippen LogP contribution in [-0.2, 0) is 10.8 Å². The average Bonchev–Trinajstić information content (AvgIpc) is 2.95. The molecule has 144 valence electrons. The van der Waals surface area contributed by atoms with Gasteiger partial charge in [-0.1, -0.05) is 47.6 Å². The molecule has 6 heteroatoms. The van der Waals surface area contributed by atoms with E-state index in [0.29, 0.717) is 5.56 Å². The minimum absolute atomic E-state index is 0.0392. The first kappa shape index (κ1) is 19.0. The Bertz CT molecular complexity index is 908. The number of nitrogens with one attached hydrogen (secondary N) is 1. The van der Waals surface area contributed by atoms with E-state index in [4.69, 9.17) is 4.74 Å². The number of ether oxygens (including phenoxy) is 1. The smallest absolute Gasteiger partial charge is 0.270 e. The number of benzene rings is 2. The van der Waals surface area contributed by atoms with Gasteiger partial charge in [0.1, 0.15) is 11.5 Å². The summed E-state index contributed by atoms with van der Waals surface area (Å²) in [7, 11) is 0. The van der Waals surface area contributed by atoms with Crippen molar-refractivity contribution in [1.29, 1.82) is 0 Å². The number of phenols is 1. The standard InChI is InChI=1S/C21H26N2O4/c1-20(2,3)12-9-15(21(4,5)6)18-16(10-12)22-19(27-18)14-11-13(23(25)26)7-8-17(14)24/h7-11,19,22,24H,1-6H3/t19-/m0/s1. The highest BCUT2D eigenvalue weighted by molar-refractivity contribution is 5.68. The Morgan fingerprint density at radius 2 is 1.74 bits per heavy atom. The molecule has 6 nitrogen and oxygen atoms in total. The predicted molar refractivity (Wildman–Crippen MR) is 106 cm³/mol. The van der Waals surface area contributed by atoms with E-state index in [1.165, 1.54) is 23.8 Å². The second kappa shape index (κ2) is 6.15. The first-order valence-electron chi connectivity index (χ1n) is 8.97. The van der Waals surface area contributed by atoms with Crippen molar-refractivity contribution in [2.24, 2.45) is 0 Å². The fraction of sp³-hybridized carbons (Fsp3) is 0.429. The van der Waals surface area contributed by atoms with Gasteiger partial charge in [0.25, 0.3) is 5.69 Å². The van der Waals surface area contributed by atoms with Crippen LogP contribution in [0.5, 0.6) is 11.5 Å². The lowest BCUT2D eigenvalue weighted by atomic mass is 9.80. The van der Waals surface area contributed by atoms with E-state index in [9.17, 15) is 15.2 Å². The number of fused-ring (bicyclic) bond motifs is 1. The van der Waals surface area contributed by atoms with Gasteiger partial charge in [-0.2, -0.15) is 0 Å². The van der Waals surface area contributed by atoms with Crippen molar-refractivity contribution in [2.45, 2.75) is 58.6 Å². The van der Waals surface area contributed by atoms with Gasteiger partial charge in [0.15, 0.2) is 0 Å². The van der Waals surface area contributed by atoms with Gasteiger partial charge < -0.3 is 15.2 Å². The Balaban J connectivity index is 2.09. The molecule has 0 amide bonds. The normalized spacial score (nSPS) is 16.4. The van der Waals surface area contributed by atoms with E-state index in [0.717, 1.165) is 17.0 Å². The molecule has 0 saturated heterocycles. The van der Waals surface area contributed by atoms with Crippen LogP contribution in [0, 0.1) is 10.1 Å². The van der Waals surface area contributed by atoms with Gasteiger partial charge >= 0.3 is 0 Å². The van der Waals surface area contributed by atoms with Crippen molar-refractivity contribution >= 4 is 11.4 Å². The average molecular weight is 370 g/mol. The molecule has 27 heavy (non-hydrogen) atoms. The van der Waals surface area contributed by atoms with E-state index in [1.807, 2.05) is 0 Å². The van der Waals surface area contributed by atoms with E-state index in [1.54, 1.807) is 0 Å². The first-order valence-corrected chi connectivity index (χ1v) is 8.97. The lowest BCUT2D eigenvalue weighted by molar-refractivity contribution is -0.385. The maximum Gasteiger partial charge on any atom is 0.270 e. The van der Waals surface area contributed by atoms with Gasteiger partial charge in [-0.25, -0.2) is 0 Å². The molecule has 1 heterocycles. The highest BCUT2D eigenvalue weighted by Gasteiger charge is 2.34. The molecule has 0 saturated carbocycles. The van der Waals surface area contributed by atoms with Gasteiger partial charge in [-0.05, 0) is 28.5 Å². The Morgan fingerprint density at radius 1 is 1.07 bits per heavy atom. The molecule has 3 rings (SSSR count). The third-order valence-electron chi connectivity index (χ3n) is 4.79. The maximum atomic E-state index is 11.1. The molecule has 1 atom stereocenters. The quantitative estimate of drug-likeness (QED) is 0.546. The zero-order valence-corrected chi connectivity index (χ0v) is 16.6. The van der Waals surface area contributed by atoms with Crippen molar-refractivity contribution in [1.82, 2.24) is 0 Å². The fourth-order valence-electron chi connectivity index (χ4n) is 3.15. The zero-order chi connectivity index (χ0) is 20.1. The molecule has 0 unspecified atom stereocenters. The number of hydrogen-bond donors (Lipinski definition) is 2. The second-order valence-electron chi connectivity index (χ2n) is 9.04. The molecular weight excluding hydrogens is 344 g/mol. The summed E-state index contributed by atoms with van der Waals surface area (Å²) >= 11 is 0. The second-order valence-corrected chi connectivity index (χ2v) is 9.04. The number of nitro benzene ring substituents is 1. The SMILES string of the molecule is CC(C)(C)c1cc2c(c(C(C)(C)C)c1)O[C@@H](c1cc([N+](=O)[O-])ccc1O)N2. The fourth-order valence-corrected chi connectivity index (χ4v) is 3.15. The van der Waals surface area contributed by atoms with Crippen molar-refractivity contribution in [3.05, 3.63) is 57.1 Å². The number of nitro groups is 1. The summed E-state index contributed by atoms with van der Waals surface area (Å²) in [4.78, 5) is 10.6. The Morgan fingerprint density at radius 3 is 2.30 bits per heavy atom.